The highest BCUT2D eigenvalue weighted by Crippen LogP contribution is 2.11. The normalized spacial score (nSPS) is 10.2. The van der Waals surface area contributed by atoms with E-state index in [1.54, 1.807) is 12.1 Å². The van der Waals surface area contributed by atoms with Gasteiger partial charge in [-0.1, -0.05) is 48.5 Å². The lowest BCUT2D eigenvalue weighted by atomic mass is 10.1. The number of nitrogen functional groups attached to an aromatic ring is 1. The van der Waals surface area contributed by atoms with Crippen molar-refractivity contribution in [3.63, 3.8) is 0 Å². The van der Waals surface area contributed by atoms with E-state index in [0.29, 0.717) is 18.8 Å². The van der Waals surface area contributed by atoms with E-state index in [-0.39, 0.29) is 5.91 Å². The highest BCUT2D eigenvalue weighted by molar-refractivity contribution is 5.95. The van der Waals surface area contributed by atoms with E-state index in [1.807, 2.05) is 42.5 Å². The highest BCUT2D eigenvalue weighted by atomic mass is 16.5. The summed E-state index contributed by atoms with van der Waals surface area (Å²) < 4.78 is 5.62. The summed E-state index contributed by atoms with van der Waals surface area (Å²) >= 11 is 0. The molecule has 0 saturated heterocycles. The Morgan fingerprint density at radius 1 is 1.00 bits per heavy atom. The molecule has 0 spiro atoms. The van der Waals surface area contributed by atoms with Crippen LogP contribution in [0.3, 0.4) is 0 Å². The van der Waals surface area contributed by atoms with Gasteiger partial charge in [0.2, 0.25) is 0 Å². The number of amides is 1. The van der Waals surface area contributed by atoms with Crippen molar-refractivity contribution in [2.24, 2.45) is 5.84 Å². The van der Waals surface area contributed by atoms with E-state index in [0.717, 1.165) is 11.1 Å². The van der Waals surface area contributed by atoms with Crippen molar-refractivity contribution >= 4 is 5.91 Å². The smallest absolute Gasteiger partial charge is 0.265 e. The molecule has 0 unspecified atom stereocenters. The zero-order chi connectivity index (χ0) is 13.5. The van der Waals surface area contributed by atoms with Crippen molar-refractivity contribution in [3.05, 3.63) is 71.3 Å². The molecule has 2 aromatic carbocycles. The first-order valence-corrected chi connectivity index (χ1v) is 6.02. The minimum absolute atomic E-state index is 0.307. The van der Waals surface area contributed by atoms with Gasteiger partial charge in [-0.05, 0) is 17.2 Å². The maximum atomic E-state index is 11.6. The van der Waals surface area contributed by atoms with Crippen molar-refractivity contribution < 1.29 is 9.53 Å². The van der Waals surface area contributed by atoms with Crippen LogP contribution in [-0.2, 0) is 18.0 Å². The van der Waals surface area contributed by atoms with Gasteiger partial charge in [0.1, 0.15) is 0 Å². The Balaban J connectivity index is 1.98. The predicted octanol–water partition coefficient (Wildman–Crippen LogP) is 2.01. The van der Waals surface area contributed by atoms with Crippen molar-refractivity contribution in [2.45, 2.75) is 13.2 Å². The summed E-state index contributed by atoms with van der Waals surface area (Å²) in [6.07, 6.45) is 0. The standard InChI is InChI=1S/C15H16N2O2/c16-17-15(18)14-9-5-4-8-13(14)11-19-10-12-6-2-1-3-7-12/h1-9H,10-11,16H2,(H,17,18). The first-order chi connectivity index (χ1) is 9.31. The van der Waals surface area contributed by atoms with Crippen LogP contribution in [0.4, 0.5) is 0 Å². The molecule has 0 saturated carbocycles. The van der Waals surface area contributed by atoms with E-state index in [9.17, 15) is 4.79 Å². The molecular weight excluding hydrogens is 240 g/mol. The van der Waals surface area contributed by atoms with Gasteiger partial charge >= 0.3 is 0 Å². The summed E-state index contributed by atoms with van der Waals surface area (Å²) in [5, 5.41) is 0. The number of ether oxygens (including phenoxy) is 1. The highest BCUT2D eigenvalue weighted by Gasteiger charge is 2.09. The quantitative estimate of drug-likeness (QED) is 0.488. The van der Waals surface area contributed by atoms with Crippen LogP contribution in [0.1, 0.15) is 21.5 Å². The first kappa shape index (κ1) is 13.3. The van der Waals surface area contributed by atoms with Gasteiger partial charge in [-0.15, -0.1) is 0 Å². The molecule has 4 nitrogen and oxygen atoms in total. The zero-order valence-corrected chi connectivity index (χ0v) is 10.5. The molecule has 0 heterocycles. The predicted molar refractivity (Wildman–Crippen MR) is 73.0 cm³/mol. The van der Waals surface area contributed by atoms with Gasteiger partial charge in [-0.2, -0.15) is 0 Å². The topological polar surface area (TPSA) is 64.3 Å². The van der Waals surface area contributed by atoms with E-state index in [1.165, 1.54) is 0 Å². The fourth-order valence-electron chi connectivity index (χ4n) is 1.80. The second-order valence-corrected chi connectivity index (χ2v) is 4.11. The van der Waals surface area contributed by atoms with Crippen molar-refractivity contribution in [1.29, 1.82) is 0 Å². The number of carbonyl (C=O) groups is 1. The summed E-state index contributed by atoms with van der Waals surface area (Å²) in [5.74, 6) is 4.85. The number of hydrogen-bond donors (Lipinski definition) is 2. The fourth-order valence-corrected chi connectivity index (χ4v) is 1.80. The second-order valence-electron chi connectivity index (χ2n) is 4.11. The molecule has 0 atom stereocenters. The maximum absolute atomic E-state index is 11.6. The Hall–Kier alpha value is -2.17. The van der Waals surface area contributed by atoms with Gasteiger partial charge in [-0.25, -0.2) is 5.84 Å². The molecule has 0 fully saturated rings. The Kier molecular flexibility index (Phi) is 4.66. The molecule has 0 radical (unpaired) electrons. The van der Waals surface area contributed by atoms with Crippen LogP contribution in [0.15, 0.2) is 54.6 Å². The summed E-state index contributed by atoms with van der Waals surface area (Å²) in [4.78, 5) is 11.6. The SMILES string of the molecule is NNC(=O)c1ccccc1COCc1ccccc1. The lowest BCUT2D eigenvalue weighted by Crippen LogP contribution is -2.30. The van der Waals surface area contributed by atoms with Crippen LogP contribution in [0.2, 0.25) is 0 Å². The molecule has 0 aromatic heterocycles. The molecule has 3 N–H and O–H groups in total. The van der Waals surface area contributed by atoms with E-state index in [4.69, 9.17) is 10.6 Å². The maximum Gasteiger partial charge on any atom is 0.265 e. The number of benzene rings is 2. The van der Waals surface area contributed by atoms with Gasteiger partial charge in [0.15, 0.2) is 0 Å². The average molecular weight is 256 g/mol. The lowest BCUT2D eigenvalue weighted by Gasteiger charge is -2.09. The molecule has 19 heavy (non-hydrogen) atoms. The minimum Gasteiger partial charge on any atom is -0.372 e. The van der Waals surface area contributed by atoms with Crippen molar-refractivity contribution in [3.8, 4) is 0 Å². The number of nitrogens with one attached hydrogen (secondary N) is 1. The third-order valence-corrected chi connectivity index (χ3v) is 2.76. The van der Waals surface area contributed by atoms with Crippen molar-refractivity contribution in [1.82, 2.24) is 5.43 Å². The molecule has 0 aliphatic rings. The molecule has 0 bridgehead atoms. The van der Waals surface area contributed by atoms with Crippen LogP contribution in [0, 0.1) is 0 Å². The Morgan fingerprint density at radius 3 is 2.42 bits per heavy atom. The number of nitrogens with two attached hydrogens (primary N) is 1. The molecule has 0 aliphatic carbocycles. The molecular formula is C15H16N2O2. The summed E-state index contributed by atoms with van der Waals surface area (Å²) in [6, 6.07) is 17.1. The molecule has 2 rings (SSSR count). The molecule has 98 valence electrons. The van der Waals surface area contributed by atoms with Crippen LogP contribution >= 0.6 is 0 Å². The monoisotopic (exact) mass is 256 g/mol. The van der Waals surface area contributed by atoms with Gasteiger partial charge in [-0.3, -0.25) is 10.2 Å². The Bertz CT molecular complexity index is 541. The van der Waals surface area contributed by atoms with Crippen molar-refractivity contribution in [2.75, 3.05) is 0 Å². The zero-order valence-electron chi connectivity index (χ0n) is 10.5. The Morgan fingerprint density at radius 2 is 1.68 bits per heavy atom. The number of hydrazine groups is 1. The third kappa shape index (κ3) is 3.64. The van der Waals surface area contributed by atoms with Crippen LogP contribution in [0.5, 0.6) is 0 Å². The Labute approximate surface area is 112 Å². The molecule has 4 heteroatoms. The van der Waals surface area contributed by atoms with Crippen LogP contribution in [-0.4, -0.2) is 5.91 Å². The summed E-state index contributed by atoms with van der Waals surface area (Å²) in [7, 11) is 0. The number of hydrogen-bond acceptors (Lipinski definition) is 3. The largest absolute Gasteiger partial charge is 0.372 e. The summed E-state index contributed by atoms with van der Waals surface area (Å²) in [6.45, 7) is 0.887. The minimum atomic E-state index is -0.307. The second kappa shape index (κ2) is 6.68. The lowest BCUT2D eigenvalue weighted by molar-refractivity contribution is 0.0927. The van der Waals surface area contributed by atoms with E-state index < -0.39 is 0 Å². The van der Waals surface area contributed by atoms with Crippen LogP contribution in [0.25, 0.3) is 0 Å². The van der Waals surface area contributed by atoms with Gasteiger partial charge in [0.05, 0.1) is 13.2 Å². The first-order valence-electron chi connectivity index (χ1n) is 6.02. The van der Waals surface area contributed by atoms with E-state index >= 15 is 0 Å². The molecule has 0 aliphatic heterocycles. The fraction of sp³-hybridized carbons (Fsp3) is 0.133. The average Bonchev–Trinajstić information content (AvgIpc) is 2.48. The van der Waals surface area contributed by atoms with E-state index in [2.05, 4.69) is 5.43 Å². The molecule has 2 aromatic rings. The van der Waals surface area contributed by atoms with Gasteiger partial charge < -0.3 is 4.74 Å². The number of rotatable bonds is 5. The number of carbonyl (C=O) groups excluding carboxylic acids is 1. The third-order valence-electron chi connectivity index (χ3n) is 2.76. The van der Waals surface area contributed by atoms with Gasteiger partial charge in [0.25, 0.3) is 5.91 Å². The summed E-state index contributed by atoms with van der Waals surface area (Å²) in [5.41, 5.74) is 4.60. The van der Waals surface area contributed by atoms with Gasteiger partial charge in [0, 0.05) is 5.56 Å². The van der Waals surface area contributed by atoms with Crippen LogP contribution < -0.4 is 11.3 Å². The molecule has 1 amide bonds.